The number of hydrogen-bond donors (Lipinski definition) is 0. The fraction of sp³-hybridized carbons (Fsp3) is 0.833. The van der Waals surface area contributed by atoms with E-state index in [1.165, 1.54) is 45.1 Å². The summed E-state index contributed by atoms with van der Waals surface area (Å²) in [5.74, 6) is 0.961. The molecule has 5 heteroatoms. The molecule has 4 saturated heterocycles. The van der Waals surface area contributed by atoms with E-state index in [-0.39, 0.29) is 0 Å². The quantitative estimate of drug-likeness (QED) is 0.729. The molecule has 5 nitrogen and oxygen atoms in total. The number of piperidine rings is 3. The van der Waals surface area contributed by atoms with E-state index in [0.29, 0.717) is 11.6 Å². The lowest BCUT2D eigenvalue weighted by atomic mass is 9.74. The second-order valence-electron chi connectivity index (χ2n) is 5.75. The minimum absolute atomic E-state index is 0.412. The molecule has 1 spiro atoms. The lowest BCUT2D eigenvalue weighted by molar-refractivity contribution is -0.0158. The van der Waals surface area contributed by atoms with Crippen LogP contribution in [0.1, 0.15) is 25.7 Å². The Balaban J connectivity index is 1.57. The first-order valence-electron chi connectivity index (χ1n) is 6.62. The molecule has 1 atom stereocenters. The molecule has 92 valence electrons. The van der Waals surface area contributed by atoms with E-state index < -0.39 is 0 Å². The van der Waals surface area contributed by atoms with Crippen molar-refractivity contribution < 1.29 is 4.52 Å². The van der Waals surface area contributed by atoms with Crippen LogP contribution in [0.15, 0.2) is 10.9 Å². The molecule has 2 bridgehead atoms. The van der Waals surface area contributed by atoms with Gasteiger partial charge in [-0.3, -0.25) is 4.90 Å². The molecule has 5 heterocycles. The van der Waals surface area contributed by atoms with Crippen molar-refractivity contribution in [2.45, 2.75) is 31.2 Å². The van der Waals surface area contributed by atoms with Gasteiger partial charge in [-0.2, -0.15) is 4.98 Å². The van der Waals surface area contributed by atoms with Crippen molar-refractivity contribution in [3.8, 4) is 0 Å². The van der Waals surface area contributed by atoms with Gasteiger partial charge in [0.25, 0.3) is 0 Å². The molecule has 1 aromatic rings. The molecule has 0 radical (unpaired) electrons. The predicted molar refractivity (Wildman–Crippen MR) is 62.8 cm³/mol. The Hall–Kier alpha value is -1.10. The maximum Gasteiger partial charge on any atom is 0.323 e. The second kappa shape index (κ2) is 3.45. The van der Waals surface area contributed by atoms with Crippen LogP contribution in [0.25, 0.3) is 0 Å². The normalized spacial score (nSPS) is 40.4. The first-order chi connectivity index (χ1) is 8.36. The molecule has 0 amide bonds. The van der Waals surface area contributed by atoms with Crippen molar-refractivity contribution in [2.24, 2.45) is 5.92 Å². The summed E-state index contributed by atoms with van der Waals surface area (Å²) in [5.41, 5.74) is 0.412. The van der Waals surface area contributed by atoms with Gasteiger partial charge in [0.1, 0.15) is 0 Å². The third-order valence-corrected chi connectivity index (χ3v) is 4.91. The van der Waals surface area contributed by atoms with Crippen LogP contribution in [0.3, 0.4) is 0 Å². The van der Waals surface area contributed by atoms with Crippen LogP contribution in [-0.2, 0) is 0 Å². The number of hydrogen-bond acceptors (Lipinski definition) is 5. The predicted octanol–water partition coefficient (Wildman–Crippen LogP) is 1.13. The van der Waals surface area contributed by atoms with Crippen molar-refractivity contribution in [1.29, 1.82) is 0 Å². The van der Waals surface area contributed by atoms with Gasteiger partial charge in [-0.1, -0.05) is 5.16 Å². The first-order valence-corrected chi connectivity index (χ1v) is 6.62. The maximum atomic E-state index is 5.18. The first kappa shape index (κ1) is 9.88. The van der Waals surface area contributed by atoms with E-state index >= 15 is 0 Å². The Labute approximate surface area is 101 Å². The fourth-order valence-corrected chi connectivity index (χ4v) is 4.03. The molecule has 4 aliphatic rings. The minimum Gasteiger partial charge on any atom is -0.323 e. The van der Waals surface area contributed by atoms with Crippen LogP contribution in [0, 0.1) is 5.92 Å². The van der Waals surface area contributed by atoms with E-state index in [4.69, 9.17) is 4.52 Å². The zero-order valence-electron chi connectivity index (χ0n) is 10.0. The lowest BCUT2D eigenvalue weighted by Crippen LogP contribution is -2.59. The van der Waals surface area contributed by atoms with Gasteiger partial charge in [0.15, 0.2) is 6.33 Å². The Bertz CT molecular complexity index is 399. The number of fused-ring (bicyclic) bond motifs is 2. The molecule has 0 aliphatic carbocycles. The molecular formula is C12H18N4O. The minimum atomic E-state index is 0.412. The van der Waals surface area contributed by atoms with E-state index in [0.717, 1.165) is 19.0 Å². The van der Waals surface area contributed by atoms with Gasteiger partial charge in [0.05, 0.1) is 0 Å². The topological polar surface area (TPSA) is 45.4 Å². The molecule has 0 N–H and O–H groups in total. The summed E-state index contributed by atoms with van der Waals surface area (Å²) in [6.45, 7) is 4.72. The third kappa shape index (κ3) is 1.41. The molecule has 4 fully saturated rings. The Morgan fingerprint density at radius 3 is 2.82 bits per heavy atom. The fourth-order valence-electron chi connectivity index (χ4n) is 4.03. The van der Waals surface area contributed by atoms with Crippen molar-refractivity contribution in [3.63, 3.8) is 0 Å². The Kier molecular flexibility index (Phi) is 2.00. The molecule has 5 rings (SSSR count). The van der Waals surface area contributed by atoms with Gasteiger partial charge in [-0.05, 0) is 44.7 Å². The summed E-state index contributed by atoms with van der Waals surface area (Å²) >= 11 is 0. The van der Waals surface area contributed by atoms with Gasteiger partial charge in [0.2, 0.25) is 0 Å². The van der Waals surface area contributed by atoms with Crippen molar-refractivity contribution in [1.82, 2.24) is 15.0 Å². The standard InChI is InChI=1S/C12H18N4O/c1-4-16-5-2-10(1)7-12(16)3-6-15(8-12)11-13-9-14-17-11/h9-10H,1-8H2. The summed E-state index contributed by atoms with van der Waals surface area (Å²) in [7, 11) is 0. The van der Waals surface area contributed by atoms with Gasteiger partial charge < -0.3 is 9.42 Å². The zero-order chi connectivity index (χ0) is 11.3. The highest BCUT2D eigenvalue weighted by Crippen LogP contribution is 2.44. The molecule has 4 aliphatic heterocycles. The number of aromatic nitrogens is 2. The average Bonchev–Trinajstić information content (AvgIpc) is 3.00. The zero-order valence-corrected chi connectivity index (χ0v) is 10.0. The van der Waals surface area contributed by atoms with Crippen LogP contribution in [0.5, 0.6) is 0 Å². The Morgan fingerprint density at radius 1 is 1.29 bits per heavy atom. The SMILES string of the molecule is c1noc(N2CCC3(CC4CCN3CC4)C2)n1. The molecule has 17 heavy (non-hydrogen) atoms. The van der Waals surface area contributed by atoms with E-state index in [9.17, 15) is 0 Å². The van der Waals surface area contributed by atoms with Crippen LogP contribution < -0.4 is 4.90 Å². The van der Waals surface area contributed by atoms with Crippen molar-refractivity contribution in [2.75, 3.05) is 31.1 Å². The smallest absolute Gasteiger partial charge is 0.323 e. The lowest BCUT2D eigenvalue weighted by Gasteiger charge is -2.52. The van der Waals surface area contributed by atoms with Gasteiger partial charge in [0, 0.05) is 18.6 Å². The van der Waals surface area contributed by atoms with E-state index in [1.807, 2.05) is 0 Å². The molecule has 1 aromatic heterocycles. The summed E-state index contributed by atoms with van der Waals surface area (Å²) in [6.07, 6.45) is 6.93. The maximum absolute atomic E-state index is 5.18. The van der Waals surface area contributed by atoms with Crippen LogP contribution in [0.4, 0.5) is 6.01 Å². The summed E-state index contributed by atoms with van der Waals surface area (Å²) < 4.78 is 5.18. The summed E-state index contributed by atoms with van der Waals surface area (Å²) in [4.78, 5) is 9.14. The van der Waals surface area contributed by atoms with Gasteiger partial charge >= 0.3 is 6.01 Å². The highest BCUT2D eigenvalue weighted by molar-refractivity contribution is 5.30. The van der Waals surface area contributed by atoms with E-state index in [2.05, 4.69) is 19.9 Å². The van der Waals surface area contributed by atoms with Gasteiger partial charge in [-0.15, -0.1) is 0 Å². The van der Waals surface area contributed by atoms with Crippen molar-refractivity contribution in [3.05, 3.63) is 6.33 Å². The van der Waals surface area contributed by atoms with Crippen LogP contribution in [0.2, 0.25) is 0 Å². The van der Waals surface area contributed by atoms with Crippen LogP contribution in [-0.4, -0.2) is 46.8 Å². The largest absolute Gasteiger partial charge is 0.323 e. The number of rotatable bonds is 1. The number of anilines is 1. The van der Waals surface area contributed by atoms with Gasteiger partial charge in [-0.25, -0.2) is 0 Å². The Morgan fingerprint density at radius 2 is 2.18 bits per heavy atom. The van der Waals surface area contributed by atoms with Crippen molar-refractivity contribution >= 4 is 6.01 Å². The number of nitrogens with zero attached hydrogens (tertiary/aromatic N) is 4. The highest BCUT2D eigenvalue weighted by Gasteiger charge is 2.50. The molecule has 0 aromatic carbocycles. The monoisotopic (exact) mass is 234 g/mol. The molecular weight excluding hydrogens is 216 g/mol. The molecule has 1 unspecified atom stereocenters. The molecule has 0 saturated carbocycles. The van der Waals surface area contributed by atoms with Crippen LogP contribution >= 0.6 is 0 Å². The van der Waals surface area contributed by atoms with E-state index in [1.54, 1.807) is 0 Å². The second-order valence-corrected chi connectivity index (χ2v) is 5.75. The average molecular weight is 234 g/mol. The highest BCUT2D eigenvalue weighted by atomic mass is 16.5. The summed E-state index contributed by atoms with van der Waals surface area (Å²) in [6, 6.07) is 0.699. The third-order valence-electron chi connectivity index (χ3n) is 4.91. The summed E-state index contributed by atoms with van der Waals surface area (Å²) in [5, 5.41) is 3.71.